The fraction of sp³-hybridized carbons (Fsp3) is 0.417. The second-order valence-corrected chi connectivity index (χ2v) is 10.5. The van der Waals surface area contributed by atoms with E-state index in [0.29, 0.717) is 37.2 Å². The predicted molar refractivity (Wildman–Crippen MR) is 124 cm³/mol. The van der Waals surface area contributed by atoms with Crippen molar-refractivity contribution in [1.29, 1.82) is 0 Å². The maximum atomic E-state index is 13.2. The molecular weight excluding hydrogens is 442 g/mol. The highest BCUT2D eigenvalue weighted by Gasteiger charge is 2.33. The normalized spacial score (nSPS) is 19.3. The number of hydrogen-bond acceptors (Lipinski definition) is 5. The molecule has 2 aromatic rings. The summed E-state index contributed by atoms with van der Waals surface area (Å²) in [5, 5.41) is 5.70. The highest BCUT2D eigenvalue weighted by Crippen LogP contribution is 2.34. The molecule has 176 valence electrons. The summed E-state index contributed by atoms with van der Waals surface area (Å²) < 4.78 is 33.4. The summed E-state index contributed by atoms with van der Waals surface area (Å²) >= 11 is 0. The quantitative estimate of drug-likeness (QED) is 0.674. The van der Waals surface area contributed by atoms with Crippen LogP contribution in [0, 0.1) is 12.8 Å². The van der Waals surface area contributed by atoms with Gasteiger partial charge in [0.15, 0.2) is 6.10 Å². The van der Waals surface area contributed by atoms with Crippen LogP contribution in [0.4, 0.5) is 5.69 Å². The van der Waals surface area contributed by atoms with Crippen molar-refractivity contribution in [3.05, 3.63) is 53.6 Å². The Kier molecular flexibility index (Phi) is 6.71. The van der Waals surface area contributed by atoms with E-state index in [9.17, 15) is 18.0 Å². The molecule has 2 heterocycles. The third kappa shape index (κ3) is 5.04. The van der Waals surface area contributed by atoms with Crippen LogP contribution in [0.5, 0.6) is 5.75 Å². The topological polar surface area (TPSA) is 105 Å². The van der Waals surface area contributed by atoms with E-state index in [1.165, 1.54) is 16.4 Å². The molecule has 0 spiro atoms. The van der Waals surface area contributed by atoms with Crippen molar-refractivity contribution in [2.75, 3.05) is 18.4 Å². The molecule has 1 fully saturated rings. The number of ether oxygens (including phenoxy) is 1. The molecule has 1 unspecified atom stereocenters. The van der Waals surface area contributed by atoms with Gasteiger partial charge in [0.25, 0.3) is 5.91 Å². The minimum Gasteiger partial charge on any atom is -0.478 e. The van der Waals surface area contributed by atoms with Crippen molar-refractivity contribution in [2.24, 2.45) is 5.92 Å². The van der Waals surface area contributed by atoms with Crippen LogP contribution < -0.4 is 15.4 Å². The summed E-state index contributed by atoms with van der Waals surface area (Å²) in [6.45, 7) is 4.85. The fourth-order valence-electron chi connectivity index (χ4n) is 4.22. The summed E-state index contributed by atoms with van der Waals surface area (Å²) in [6.07, 6.45) is 0.874. The zero-order chi connectivity index (χ0) is 23.6. The van der Waals surface area contributed by atoms with E-state index < -0.39 is 16.1 Å². The smallest absolute Gasteiger partial charge is 0.265 e. The SMILES string of the molecule is CCC1Oc2ccc(S(=O)(=O)N3CCC(C(=O)NCc4cccc(C)c4)CC3)cc2NC1=O. The first-order valence-electron chi connectivity index (χ1n) is 11.2. The minimum absolute atomic E-state index is 0.0484. The van der Waals surface area contributed by atoms with Gasteiger partial charge in [-0.3, -0.25) is 9.59 Å². The van der Waals surface area contributed by atoms with Crippen molar-refractivity contribution in [3.8, 4) is 5.75 Å². The van der Waals surface area contributed by atoms with Gasteiger partial charge in [0.1, 0.15) is 5.75 Å². The highest BCUT2D eigenvalue weighted by molar-refractivity contribution is 7.89. The Morgan fingerprint density at radius 1 is 1.18 bits per heavy atom. The van der Waals surface area contributed by atoms with E-state index in [1.807, 2.05) is 38.1 Å². The molecule has 2 aliphatic rings. The zero-order valence-electron chi connectivity index (χ0n) is 18.8. The minimum atomic E-state index is -3.75. The van der Waals surface area contributed by atoms with Crippen LogP contribution in [0.3, 0.4) is 0 Å². The number of amides is 2. The number of benzene rings is 2. The van der Waals surface area contributed by atoms with Crippen LogP contribution in [0.25, 0.3) is 0 Å². The van der Waals surface area contributed by atoms with Gasteiger partial charge in [0.2, 0.25) is 15.9 Å². The molecule has 2 amide bonds. The van der Waals surface area contributed by atoms with Crippen molar-refractivity contribution >= 4 is 27.5 Å². The average molecular weight is 472 g/mol. The monoisotopic (exact) mass is 471 g/mol. The molecule has 0 bridgehead atoms. The number of nitrogens with one attached hydrogen (secondary N) is 2. The van der Waals surface area contributed by atoms with Crippen molar-refractivity contribution in [1.82, 2.24) is 9.62 Å². The number of carbonyl (C=O) groups excluding carboxylic acids is 2. The molecule has 0 aromatic heterocycles. The summed E-state index contributed by atoms with van der Waals surface area (Å²) in [4.78, 5) is 24.8. The van der Waals surface area contributed by atoms with Crippen LogP contribution >= 0.6 is 0 Å². The van der Waals surface area contributed by atoms with E-state index in [4.69, 9.17) is 4.74 Å². The molecule has 2 aliphatic heterocycles. The number of fused-ring (bicyclic) bond motifs is 1. The average Bonchev–Trinajstić information content (AvgIpc) is 2.81. The van der Waals surface area contributed by atoms with E-state index >= 15 is 0 Å². The molecule has 0 aliphatic carbocycles. The largest absolute Gasteiger partial charge is 0.478 e. The molecule has 33 heavy (non-hydrogen) atoms. The second kappa shape index (κ2) is 9.52. The number of sulfonamides is 1. The maximum Gasteiger partial charge on any atom is 0.265 e. The number of rotatable bonds is 6. The first kappa shape index (κ1) is 23.3. The number of aryl methyl sites for hydroxylation is 1. The third-order valence-corrected chi connectivity index (χ3v) is 8.05. The van der Waals surface area contributed by atoms with E-state index in [2.05, 4.69) is 10.6 Å². The predicted octanol–water partition coefficient (Wildman–Crippen LogP) is 2.82. The van der Waals surface area contributed by atoms with Crippen LogP contribution in [0.1, 0.15) is 37.3 Å². The molecule has 2 N–H and O–H groups in total. The van der Waals surface area contributed by atoms with Gasteiger partial charge in [0.05, 0.1) is 10.6 Å². The highest BCUT2D eigenvalue weighted by atomic mass is 32.2. The first-order valence-corrected chi connectivity index (χ1v) is 12.7. The molecule has 8 nitrogen and oxygen atoms in total. The molecule has 2 aromatic carbocycles. The Balaban J connectivity index is 1.36. The van der Waals surface area contributed by atoms with Gasteiger partial charge in [-0.05, 0) is 49.9 Å². The Hall–Kier alpha value is -2.91. The number of nitrogens with zero attached hydrogens (tertiary/aromatic N) is 1. The summed E-state index contributed by atoms with van der Waals surface area (Å²) in [7, 11) is -3.75. The van der Waals surface area contributed by atoms with Crippen molar-refractivity contribution in [3.63, 3.8) is 0 Å². The zero-order valence-corrected chi connectivity index (χ0v) is 19.7. The van der Waals surface area contributed by atoms with Crippen molar-refractivity contribution in [2.45, 2.75) is 50.7 Å². The van der Waals surface area contributed by atoms with Gasteiger partial charge in [-0.25, -0.2) is 8.42 Å². The Bertz CT molecular complexity index is 1160. The second-order valence-electron chi connectivity index (χ2n) is 8.55. The third-order valence-electron chi connectivity index (χ3n) is 6.15. The summed E-state index contributed by atoms with van der Waals surface area (Å²) in [6, 6.07) is 12.5. The lowest BCUT2D eigenvalue weighted by molar-refractivity contribution is -0.126. The van der Waals surface area contributed by atoms with Crippen LogP contribution in [0.15, 0.2) is 47.4 Å². The van der Waals surface area contributed by atoms with E-state index in [-0.39, 0.29) is 35.7 Å². The number of hydrogen-bond donors (Lipinski definition) is 2. The van der Waals surface area contributed by atoms with Gasteiger partial charge < -0.3 is 15.4 Å². The van der Waals surface area contributed by atoms with Gasteiger partial charge >= 0.3 is 0 Å². The molecule has 0 radical (unpaired) electrons. The lowest BCUT2D eigenvalue weighted by Gasteiger charge is -2.31. The first-order chi connectivity index (χ1) is 15.8. The molecular formula is C24H29N3O5S. The standard InChI is InChI=1S/C24H29N3O5S/c1-3-21-24(29)26-20-14-19(7-8-22(20)32-21)33(30,31)27-11-9-18(10-12-27)23(28)25-15-17-6-4-5-16(2)13-17/h4-8,13-14,18,21H,3,9-12,15H2,1-2H3,(H,25,28)(H,26,29). The Labute approximate surface area is 194 Å². The molecule has 0 saturated carbocycles. The van der Waals surface area contributed by atoms with Crippen LogP contribution in [-0.2, 0) is 26.2 Å². The summed E-state index contributed by atoms with van der Waals surface area (Å²) in [5.41, 5.74) is 2.53. The van der Waals surface area contributed by atoms with E-state index in [0.717, 1.165) is 11.1 Å². The van der Waals surface area contributed by atoms with Gasteiger partial charge in [-0.2, -0.15) is 4.31 Å². The fourth-order valence-corrected chi connectivity index (χ4v) is 5.72. The van der Waals surface area contributed by atoms with Gasteiger partial charge in [0, 0.05) is 25.6 Å². The Morgan fingerprint density at radius 3 is 2.64 bits per heavy atom. The van der Waals surface area contributed by atoms with Crippen LogP contribution in [0.2, 0.25) is 0 Å². The number of anilines is 1. The molecule has 4 rings (SSSR count). The molecule has 9 heteroatoms. The van der Waals surface area contributed by atoms with Gasteiger partial charge in [-0.15, -0.1) is 0 Å². The summed E-state index contributed by atoms with van der Waals surface area (Å²) in [5.74, 6) is -0.0856. The molecule has 1 atom stereocenters. The lowest BCUT2D eigenvalue weighted by atomic mass is 9.97. The van der Waals surface area contributed by atoms with Gasteiger partial charge in [-0.1, -0.05) is 36.8 Å². The Morgan fingerprint density at radius 2 is 1.94 bits per heavy atom. The number of carbonyl (C=O) groups is 2. The maximum absolute atomic E-state index is 13.2. The molecule has 1 saturated heterocycles. The van der Waals surface area contributed by atoms with Crippen LogP contribution in [-0.4, -0.2) is 43.7 Å². The number of piperidine rings is 1. The lowest BCUT2D eigenvalue weighted by Crippen LogP contribution is -2.43. The van der Waals surface area contributed by atoms with E-state index in [1.54, 1.807) is 6.07 Å². The van der Waals surface area contributed by atoms with Crippen molar-refractivity contribution < 1.29 is 22.7 Å².